The van der Waals surface area contributed by atoms with Crippen molar-refractivity contribution in [3.8, 4) is 0 Å². The summed E-state index contributed by atoms with van der Waals surface area (Å²) in [6, 6.07) is 3.85. The summed E-state index contributed by atoms with van der Waals surface area (Å²) in [5.74, 6) is -0.0172. The Hall–Kier alpha value is -0.330. The Morgan fingerprint density at radius 2 is 2.11 bits per heavy atom. The molecule has 0 saturated carbocycles. The number of hydrogen-bond acceptors (Lipinski definition) is 4. The van der Waals surface area contributed by atoms with Crippen LogP contribution in [0.3, 0.4) is 0 Å². The molecule has 2 N–H and O–H groups in total. The lowest BCUT2D eigenvalue weighted by molar-refractivity contribution is 0.182. The highest BCUT2D eigenvalue weighted by Crippen LogP contribution is 2.26. The SMILES string of the molecule is NC(CS(=O)(=O)c1ccc(Cl)c(Cl)c1)C1CCOC1. The first-order valence-corrected chi connectivity index (χ1v) is 8.32. The van der Waals surface area contributed by atoms with Gasteiger partial charge in [0, 0.05) is 18.6 Å². The molecule has 19 heavy (non-hydrogen) atoms. The van der Waals surface area contributed by atoms with Crippen LogP contribution in [0.5, 0.6) is 0 Å². The Kier molecular flexibility index (Phi) is 4.74. The Labute approximate surface area is 122 Å². The second-order valence-electron chi connectivity index (χ2n) is 4.64. The second kappa shape index (κ2) is 5.97. The van der Waals surface area contributed by atoms with Crippen LogP contribution in [-0.4, -0.2) is 33.4 Å². The lowest BCUT2D eigenvalue weighted by atomic mass is 10.0. The van der Waals surface area contributed by atoms with Gasteiger partial charge in [-0.15, -0.1) is 0 Å². The average molecular weight is 324 g/mol. The van der Waals surface area contributed by atoms with Crippen molar-refractivity contribution < 1.29 is 13.2 Å². The van der Waals surface area contributed by atoms with Crippen LogP contribution >= 0.6 is 23.2 Å². The van der Waals surface area contributed by atoms with Crippen molar-refractivity contribution in [2.24, 2.45) is 11.7 Å². The zero-order valence-electron chi connectivity index (χ0n) is 10.2. The van der Waals surface area contributed by atoms with Crippen molar-refractivity contribution in [1.82, 2.24) is 0 Å². The van der Waals surface area contributed by atoms with Crippen molar-refractivity contribution in [1.29, 1.82) is 0 Å². The maximum Gasteiger partial charge on any atom is 0.179 e. The Morgan fingerprint density at radius 1 is 1.37 bits per heavy atom. The van der Waals surface area contributed by atoms with Gasteiger partial charge in [0.15, 0.2) is 9.84 Å². The van der Waals surface area contributed by atoms with Gasteiger partial charge in [-0.2, -0.15) is 0 Å². The fraction of sp³-hybridized carbons (Fsp3) is 0.500. The molecule has 0 aromatic heterocycles. The molecule has 1 aliphatic rings. The van der Waals surface area contributed by atoms with Gasteiger partial charge < -0.3 is 10.5 Å². The van der Waals surface area contributed by atoms with Crippen LogP contribution in [0.2, 0.25) is 10.0 Å². The zero-order valence-corrected chi connectivity index (χ0v) is 12.5. The smallest absolute Gasteiger partial charge is 0.179 e. The molecule has 1 aliphatic heterocycles. The maximum atomic E-state index is 12.2. The van der Waals surface area contributed by atoms with E-state index in [2.05, 4.69) is 0 Å². The van der Waals surface area contributed by atoms with Gasteiger partial charge in [0.05, 0.1) is 27.3 Å². The van der Waals surface area contributed by atoms with Gasteiger partial charge in [0.2, 0.25) is 0 Å². The summed E-state index contributed by atoms with van der Waals surface area (Å²) in [5.41, 5.74) is 5.95. The molecule has 1 aromatic carbocycles. The van der Waals surface area contributed by atoms with E-state index in [9.17, 15) is 8.42 Å². The van der Waals surface area contributed by atoms with Crippen LogP contribution in [0.4, 0.5) is 0 Å². The molecule has 1 saturated heterocycles. The second-order valence-corrected chi connectivity index (χ2v) is 7.49. The summed E-state index contributed by atoms with van der Waals surface area (Å²) in [7, 11) is -3.46. The largest absolute Gasteiger partial charge is 0.381 e. The minimum absolute atomic E-state index is 0.0950. The molecular formula is C12H15Cl2NO3S. The first kappa shape index (κ1) is 15.1. The summed E-state index contributed by atoms with van der Waals surface area (Å²) >= 11 is 11.6. The van der Waals surface area contributed by atoms with Gasteiger partial charge in [-0.25, -0.2) is 8.42 Å². The molecule has 0 radical (unpaired) electrons. The van der Waals surface area contributed by atoms with Gasteiger partial charge in [-0.1, -0.05) is 23.2 Å². The first-order chi connectivity index (χ1) is 8.90. The highest BCUT2D eigenvalue weighted by Gasteiger charge is 2.28. The quantitative estimate of drug-likeness (QED) is 0.921. The number of sulfone groups is 1. The fourth-order valence-electron chi connectivity index (χ4n) is 2.05. The van der Waals surface area contributed by atoms with E-state index >= 15 is 0 Å². The predicted molar refractivity (Wildman–Crippen MR) is 75.4 cm³/mol. The van der Waals surface area contributed by atoms with Crippen LogP contribution < -0.4 is 5.73 Å². The fourth-order valence-corrected chi connectivity index (χ4v) is 3.95. The normalized spacial score (nSPS) is 21.5. The van der Waals surface area contributed by atoms with E-state index in [-0.39, 0.29) is 21.6 Å². The maximum absolute atomic E-state index is 12.2. The van der Waals surface area contributed by atoms with Gasteiger partial charge in [0.1, 0.15) is 0 Å². The van der Waals surface area contributed by atoms with Crippen molar-refractivity contribution in [2.45, 2.75) is 17.4 Å². The number of halogens is 2. The van der Waals surface area contributed by atoms with Crippen molar-refractivity contribution in [3.63, 3.8) is 0 Å². The molecule has 1 heterocycles. The molecule has 2 unspecified atom stereocenters. The van der Waals surface area contributed by atoms with Crippen LogP contribution in [0.15, 0.2) is 23.1 Å². The average Bonchev–Trinajstić information content (AvgIpc) is 2.85. The van der Waals surface area contributed by atoms with E-state index in [4.69, 9.17) is 33.7 Å². The number of hydrogen-bond donors (Lipinski definition) is 1. The van der Waals surface area contributed by atoms with Gasteiger partial charge in [-0.3, -0.25) is 0 Å². The van der Waals surface area contributed by atoms with Crippen LogP contribution in [0, 0.1) is 5.92 Å². The molecule has 2 rings (SSSR count). The van der Waals surface area contributed by atoms with E-state index in [1.54, 1.807) is 0 Å². The van der Waals surface area contributed by atoms with E-state index in [1.807, 2.05) is 0 Å². The van der Waals surface area contributed by atoms with E-state index in [1.165, 1.54) is 18.2 Å². The van der Waals surface area contributed by atoms with E-state index < -0.39 is 15.9 Å². The molecule has 1 aromatic rings. The van der Waals surface area contributed by atoms with Crippen molar-refractivity contribution in [3.05, 3.63) is 28.2 Å². The predicted octanol–water partition coefficient (Wildman–Crippen LogP) is 2.13. The lowest BCUT2D eigenvalue weighted by Gasteiger charge is -2.17. The van der Waals surface area contributed by atoms with Crippen LogP contribution in [0.1, 0.15) is 6.42 Å². The molecule has 0 spiro atoms. The topological polar surface area (TPSA) is 69.4 Å². The highest BCUT2D eigenvalue weighted by atomic mass is 35.5. The van der Waals surface area contributed by atoms with Crippen molar-refractivity contribution in [2.75, 3.05) is 19.0 Å². The molecule has 0 amide bonds. The molecule has 106 valence electrons. The summed E-state index contributed by atoms with van der Waals surface area (Å²) < 4.78 is 29.7. The Balaban J connectivity index is 2.15. The number of benzene rings is 1. The first-order valence-electron chi connectivity index (χ1n) is 5.91. The standard InChI is InChI=1S/C12H15Cl2NO3S/c13-10-2-1-9(5-11(10)14)19(16,17)7-12(15)8-3-4-18-6-8/h1-2,5,8,12H,3-4,6-7,15H2. The third-order valence-electron chi connectivity index (χ3n) is 3.23. The summed E-state index contributed by atoms with van der Waals surface area (Å²) in [6.07, 6.45) is 0.804. The minimum atomic E-state index is -3.46. The third kappa shape index (κ3) is 3.61. The van der Waals surface area contributed by atoms with Gasteiger partial charge >= 0.3 is 0 Å². The van der Waals surface area contributed by atoms with Crippen LogP contribution in [0.25, 0.3) is 0 Å². The lowest BCUT2D eigenvalue weighted by Crippen LogP contribution is -2.37. The molecule has 1 fully saturated rings. The minimum Gasteiger partial charge on any atom is -0.381 e. The summed E-state index contributed by atoms with van der Waals surface area (Å²) in [6.45, 7) is 1.17. The van der Waals surface area contributed by atoms with Crippen molar-refractivity contribution >= 4 is 33.0 Å². The number of ether oxygens (including phenoxy) is 1. The van der Waals surface area contributed by atoms with Gasteiger partial charge in [-0.05, 0) is 24.6 Å². The highest BCUT2D eigenvalue weighted by molar-refractivity contribution is 7.91. The number of rotatable bonds is 4. The molecule has 0 aliphatic carbocycles. The molecule has 7 heteroatoms. The molecular weight excluding hydrogens is 309 g/mol. The Bertz CT molecular complexity index is 556. The number of nitrogens with two attached hydrogens (primary N) is 1. The van der Waals surface area contributed by atoms with Crippen LogP contribution in [-0.2, 0) is 14.6 Å². The zero-order chi connectivity index (χ0) is 14.0. The van der Waals surface area contributed by atoms with Gasteiger partial charge in [0.25, 0.3) is 0 Å². The van der Waals surface area contributed by atoms with E-state index in [0.717, 1.165) is 6.42 Å². The monoisotopic (exact) mass is 323 g/mol. The molecule has 0 bridgehead atoms. The Morgan fingerprint density at radius 3 is 2.68 bits per heavy atom. The third-order valence-corrected chi connectivity index (χ3v) is 5.77. The summed E-state index contributed by atoms with van der Waals surface area (Å²) in [5, 5.41) is 0.551. The molecule has 2 atom stereocenters. The molecule has 4 nitrogen and oxygen atoms in total. The summed E-state index contributed by atoms with van der Waals surface area (Å²) in [4.78, 5) is 0.149. The van der Waals surface area contributed by atoms with E-state index in [0.29, 0.717) is 18.2 Å².